The van der Waals surface area contributed by atoms with E-state index in [0.717, 1.165) is 94.3 Å². The summed E-state index contributed by atoms with van der Waals surface area (Å²) < 4.78 is 7.30. The van der Waals surface area contributed by atoms with Gasteiger partial charge in [0.2, 0.25) is 0 Å². The zero-order chi connectivity index (χ0) is 50.0. The van der Waals surface area contributed by atoms with Crippen molar-refractivity contribution in [2.75, 3.05) is 0 Å². The fourth-order valence-electron chi connectivity index (χ4n) is 11.4. The first-order valence-corrected chi connectivity index (χ1v) is 25.2. The van der Waals surface area contributed by atoms with E-state index < -0.39 is 0 Å². The van der Waals surface area contributed by atoms with Gasteiger partial charge in [-0.25, -0.2) is 15.0 Å². The Hall–Kier alpha value is -10.1. The van der Waals surface area contributed by atoms with Crippen molar-refractivity contribution >= 4 is 65.4 Å². The Morgan fingerprint density at radius 1 is 0.387 bits per heavy atom. The highest BCUT2D eigenvalue weighted by Crippen LogP contribution is 2.45. The number of nitrogens with zero attached hydrogens (tertiary/aromatic N) is 8. The number of hydrogen-bond donors (Lipinski definition) is 0. The van der Waals surface area contributed by atoms with Crippen LogP contribution in [0.25, 0.3) is 128 Å². The first kappa shape index (κ1) is 43.7. The summed E-state index contributed by atoms with van der Waals surface area (Å²) in [5.41, 5.74) is 15.5. The van der Waals surface area contributed by atoms with Crippen LogP contribution < -0.4 is 0 Å². The Labute approximate surface area is 432 Å². The van der Waals surface area contributed by atoms with Gasteiger partial charge in [0.1, 0.15) is 0 Å². The van der Waals surface area contributed by atoms with Gasteiger partial charge in [-0.15, -0.1) is 13.2 Å². The molecule has 0 fully saturated rings. The van der Waals surface area contributed by atoms with Crippen molar-refractivity contribution < 1.29 is 0 Å². The van der Waals surface area contributed by atoms with Gasteiger partial charge < -0.3 is 13.7 Å². The number of fused-ring (bicyclic) bond motifs is 9. The first-order chi connectivity index (χ1) is 37.1. The Morgan fingerprint density at radius 2 is 0.813 bits per heavy atom. The summed E-state index contributed by atoms with van der Waals surface area (Å²) in [4.78, 5) is 24.3. The molecule has 0 bridgehead atoms. The molecule has 8 aromatic carbocycles. The molecular formula is C67H46N8. The highest BCUT2D eigenvalue weighted by Gasteiger charge is 2.26. The third-order valence-electron chi connectivity index (χ3n) is 14.7. The highest BCUT2D eigenvalue weighted by molar-refractivity contribution is 6.14. The summed E-state index contributed by atoms with van der Waals surface area (Å²) in [6.07, 6.45) is 11.8. The lowest BCUT2D eigenvalue weighted by molar-refractivity contribution is 0.856. The summed E-state index contributed by atoms with van der Waals surface area (Å²) in [6.45, 7) is 8.75. The number of benzene rings is 8. The third kappa shape index (κ3) is 7.17. The van der Waals surface area contributed by atoms with Gasteiger partial charge in [-0.3, -0.25) is 9.97 Å². The summed E-state index contributed by atoms with van der Waals surface area (Å²) in [5, 5.41) is 7.13. The van der Waals surface area contributed by atoms with Crippen LogP contribution in [-0.4, -0.2) is 38.6 Å². The number of rotatable bonds is 11. The predicted molar refractivity (Wildman–Crippen MR) is 308 cm³/mol. The molecule has 0 N–H and O–H groups in total. The Bertz CT molecular complexity index is 4210. The minimum absolute atomic E-state index is 0.140. The van der Waals surface area contributed by atoms with Gasteiger partial charge in [-0.05, 0) is 115 Å². The topological polar surface area (TPSA) is 79.2 Å². The normalized spacial score (nSPS) is 12.1. The van der Waals surface area contributed by atoms with Crippen LogP contribution in [0.3, 0.4) is 0 Å². The van der Waals surface area contributed by atoms with E-state index in [0.29, 0.717) is 23.9 Å². The van der Waals surface area contributed by atoms with Crippen LogP contribution in [0.4, 0.5) is 0 Å². The van der Waals surface area contributed by atoms with Crippen LogP contribution in [0.15, 0.2) is 250 Å². The van der Waals surface area contributed by atoms with Gasteiger partial charge in [0.25, 0.3) is 0 Å². The number of hydrogen-bond acceptors (Lipinski definition) is 5. The van der Waals surface area contributed by atoms with Crippen molar-refractivity contribution in [1.29, 1.82) is 0 Å². The quantitative estimate of drug-likeness (QED) is 0.121. The molecule has 0 saturated heterocycles. The summed E-state index contributed by atoms with van der Waals surface area (Å²) in [7, 11) is 0. The van der Waals surface area contributed by atoms with Crippen LogP contribution in [-0.2, 0) is 0 Å². The van der Waals surface area contributed by atoms with E-state index in [4.69, 9.17) is 15.0 Å². The lowest BCUT2D eigenvalue weighted by Crippen LogP contribution is -2.08. The van der Waals surface area contributed by atoms with E-state index in [1.165, 1.54) is 21.5 Å². The monoisotopic (exact) mass is 962 g/mol. The Kier molecular flexibility index (Phi) is 10.4. The van der Waals surface area contributed by atoms with Crippen molar-refractivity contribution in [2.45, 2.75) is 12.3 Å². The average molecular weight is 963 g/mol. The molecular weight excluding hydrogens is 917 g/mol. The van der Waals surface area contributed by atoms with E-state index in [9.17, 15) is 0 Å². The van der Waals surface area contributed by atoms with Gasteiger partial charge in [0.15, 0.2) is 17.5 Å². The fraction of sp³-hybridized carbons (Fsp3) is 0.0299. The van der Waals surface area contributed by atoms with E-state index in [1.54, 1.807) is 24.8 Å². The molecule has 1 unspecified atom stereocenters. The van der Waals surface area contributed by atoms with Crippen LogP contribution >= 0.6 is 0 Å². The maximum absolute atomic E-state index is 5.21. The Balaban J connectivity index is 1.09. The molecule has 0 aliphatic carbocycles. The molecule has 0 aliphatic rings. The SMILES string of the molecule is C=CCC(C=C)c1cc(-c2nc(-c3cccnc3)nc(-c3cccnc3)n2)cc(-c2ccccc2)c1-n1c2ccc(-n3c4ccccc4c4ccccc43)cc2c2cc(-n3c4ccccc4c4ccccc43)ccc21. The molecule has 8 nitrogen and oxygen atoms in total. The van der Waals surface area contributed by atoms with Crippen molar-refractivity contribution in [2.24, 2.45) is 0 Å². The molecule has 0 spiro atoms. The maximum atomic E-state index is 5.21. The molecule has 14 rings (SSSR count). The van der Waals surface area contributed by atoms with E-state index in [2.05, 4.69) is 213 Å². The minimum Gasteiger partial charge on any atom is -0.309 e. The van der Waals surface area contributed by atoms with Gasteiger partial charge in [0.05, 0.1) is 38.8 Å². The average Bonchev–Trinajstić information content (AvgIpc) is 4.12. The molecule has 0 amide bonds. The van der Waals surface area contributed by atoms with Gasteiger partial charge >= 0.3 is 0 Å². The molecule has 0 radical (unpaired) electrons. The standard InChI is InChI=1S/C67H46N8/c1-3-18-43(4-2)54-37-47(67-71-65(45-21-16-35-68-41-45)70-66(72-67)46-22-17-36-69-42-46)38-55(44-19-6-5-7-20-44)64(54)75-62-33-31-48(73-58-27-12-8-23-50(58)51-24-9-13-28-59(51)73)39-56(62)57-40-49(32-34-63(57)75)74-60-29-14-10-25-52(60)53-26-11-15-30-61(53)74/h3-17,19-43H,1-2,18H2. The van der Waals surface area contributed by atoms with Crippen LogP contribution in [0.2, 0.25) is 0 Å². The summed E-state index contributed by atoms with van der Waals surface area (Å²) in [5.74, 6) is 1.43. The zero-order valence-electron chi connectivity index (χ0n) is 40.8. The summed E-state index contributed by atoms with van der Waals surface area (Å²) >= 11 is 0. The second kappa shape index (κ2) is 17.9. The third-order valence-corrected chi connectivity index (χ3v) is 14.7. The molecule has 8 heteroatoms. The lowest BCUT2D eigenvalue weighted by atomic mass is 9.87. The zero-order valence-corrected chi connectivity index (χ0v) is 40.8. The highest BCUT2D eigenvalue weighted by atomic mass is 15.0. The van der Waals surface area contributed by atoms with Crippen molar-refractivity contribution in [3.05, 3.63) is 256 Å². The van der Waals surface area contributed by atoms with E-state index in [-0.39, 0.29) is 5.92 Å². The van der Waals surface area contributed by atoms with Crippen molar-refractivity contribution in [1.82, 2.24) is 38.6 Å². The molecule has 0 saturated carbocycles. The van der Waals surface area contributed by atoms with E-state index in [1.807, 2.05) is 36.4 Å². The number of aromatic nitrogens is 8. The smallest absolute Gasteiger partial charge is 0.165 e. The second-order valence-electron chi connectivity index (χ2n) is 19.0. The molecule has 75 heavy (non-hydrogen) atoms. The van der Waals surface area contributed by atoms with E-state index >= 15 is 0 Å². The number of allylic oxidation sites excluding steroid dienone is 2. The molecule has 6 heterocycles. The second-order valence-corrected chi connectivity index (χ2v) is 19.0. The molecule has 14 aromatic rings. The van der Waals surface area contributed by atoms with Gasteiger partial charge in [-0.1, -0.05) is 115 Å². The Morgan fingerprint density at radius 3 is 1.25 bits per heavy atom. The minimum atomic E-state index is -0.140. The van der Waals surface area contributed by atoms with Gasteiger partial charge in [0, 0.05) is 96.7 Å². The number of pyridine rings is 2. The molecule has 0 aliphatic heterocycles. The number of para-hydroxylation sites is 4. The molecule has 354 valence electrons. The van der Waals surface area contributed by atoms with Crippen LogP contribution in [0.1, 0.15) is 17.9 Å². The molecule has 6 aromatic heterocycles. The maximum Gasteiger partial charge on any atom is 0.165 e. The van der Waals surface area contributed by atoms with Crippen LogP contribution in [0, 0.1) is 0 Å². The van der Waals surface area contributed by atoms with Crippen LogP contribution in [0.5, 0.6) is 0 Å². The lowest BCUT2D eigenvalue weighted by Gasteiger charge is -2.24. The summed E-state index contributed by atoms with van der Waals surface area (Å²) in [6, 6.07) is 71.7. The van der Waals surface area contributed by atoms with Gasteiger partial charge in [-0.2, -0.15) is 0 Å². The largest absolute Gasteiger partial charge is 0.309 e. The van der Waals surface area contributed by atoms with Crippen molar-refractivity contribution in [3.63, 3.8) is 0 Å². The van der Waals surface area contributed by atoms with Crippen molar-refractivity contribution in [3.8, 4) is 62.4 Å². The first-order valence-electron chi connectivity index (χ1n) is 25.2. The molecule has 1 atom stereocenters. The fourth-order valence-corrected chi connectivity index (χ4v) is 11.4. The predicted octanol–water partition coefficient (Wildman–Crippen LogP) is 16.5.